The zero-order valence-electron chi connectivity index (χ0n) is 16.2. The fourth-order valence-corrected chi connectivity index (χ4v) is 3.58. The summed E-state index contributed by atoms with van der Waals surface area (Å²) in [4.78, 5) is 15.0. The summed E-state index contributed by atoms with van der Waals surface area (Å²) in [5, 5.41) is 19.1. The third kappa shape index (κ3) is 3.47. The second kappa shape index (κ2) is 7.80. The average Bonchev–Trinajstić information content (AvgIpc) is 3.16. The smallest absolute Gasteiger partial charge is 0.254 e. The zero-order chi connectivity index (χ0) is 19.5. The quantitative estimate of drug-likeness (QED) is 0.715. The predicted octanol–water partition coefficient (Wildman–Crippen LogP) is 3.06. The van der Waals surface area contributed by atoms with E-state index >= 15 is 0 Å². The lowest BCUT2D eigenvalue weighted by Crippen LogP contribution is -2.36. The number of hydrogen-bond acceptors (Lipinski definition) is 5. The predicted molar refractivity (Wildman–Crippen MR) is 108 cm³/mol. The Balaban J connectivity index is 1.55. The fraction of sp³-hybridized carbons (Fsp3) is 0.333. The van der Waals surface area contributed by atoms with E-state index in [1.54, 1.807) is 0 Å². The first kappa shape index (κ1) is 18.2. The van der Waals surface area contributed by atoms with Crippen molar-refractivity contribution in [2.24, 2.45) is 0 Å². The van der Waals surface area contributed by atoms with Gasteiger partial charge in [-0.15, -0.1) is 10.2 Å². The van der Waals surface area contributed by atoms with Crippen LogP contribution in [0.5, 0.6) is 0 Å². The van der Waals surface area contributed by atoms with Crippen LogP contribution in [0.1, 0.15) is 41.2 Å². The van der Waals surface area contributed by atoms with Gasteiger partial charge in [0.1, 0.15) is 5.82 Å². The zero-order valence-corrected chi connectivity index (χ0v) is 16.2. The van der Waals surface area contributed by atoms with E-state index in [9.17, 15) is 4.79 Å². The molecule has 0 saturated heterocycles. The van der Waals surface area contributed by atoms with Crippen molar-refractivity contribution in [2.75, 3.05) is 18.4 Å². The maximum atomic E-state index is 13.1. The van der Waals surface area contributed by atoms with Crippen molar-refractivity contribution in [2.45, 2.75) is 33.2 Å². The largest absolute Gasteiger partial charge is 0.369 e. The number of amides is 1. The summed E-state index contributed by atoms with van der Waals surface area (Å²) < 4.78 is 0. The number of benzene rings is 1. The third-order valence-electron chi connectivity index (χ3n) is 5.07. The lowest BCUT2D eigenvalue weighted by atomic mass is 10.0. The van der Waals surface area contributed by atoms with Gasteiger partial charge in [0.15, 0.2) is 0 Å². The number of nitrogens with zero attached hydrogens (tertiary/aromatic N) is 4. The summed E-state index contributed by atoms with van der Waals surface area (Å²) in [5.74, 6) is 0.780. The molecular formula is C21H24N6O. The van der Waals surface area contributed by atoms with Gasteiger partial charge >= 0.3 is 0 Å². The highest BCUT2D eigenvalue weighted by atomic mass is 16.2. The SMILES string of the molecule is CCNc1ccc(-c2cccc(C(=O)N3CCc4[nH]nc(CC)c4C3)c2)nn1. The number of hydrogen-bond donors (Lipinski definition) is 2. The molecule has 7 nitrogen and oxygen atoms in total. The maximum absolute atomic E-state index is 13.1. The lowest BCUT2D eigenvalue weighted by molar-refractivity contribution is 0.0734. The molecule has 7 heteroatoms. The molecule has 0 bridgehead atoms. The van der Waals surface area contributed by atoms with Crippen LogP contribution in [-0.4, -0.2) is 44.3 Å². The monoisotopic (exact) mass is 376 g/mol. The van der Waals surface area contributed by atoms with Crippen molar-refractivity contribution < 1.29 is 4.79 Å². The highest BCUT2D eigenvalue weighted by Crippen LogP contribution is 2.24. The molecule has 1 amide bonds. The van der Waals surface area contributed by atoms with Gasteiger partial charge in [-0.2, -0.15) is 5.10 Å². The molecule has 4 rings (SSSR count). The summed E-state index contributed by atoms with van der Waals surface area (Å²) in [6.07, 6.45) is 1.68. The van der Waals surface area contributed by atoms with Crippen LogP contribution in [0, 0.1) is 0 Å². The summed E-state index contributed by atoms with van der Waals surface area (Å²) in [7, 11) is 0. The highest BCUT2D eigenvalue weighted by Gasteiger charge is 2.25. The Morgan fingerprint density at radius 2 is 2.11 bits per heavy atom. The number of aromatic nitrogens is 4. The van der Waals surface area contributed by atoms with Crippen molar-refractivity contribution in [1.82, 2.24) is 25.3 Å². The molecule has 3 aromatic rings. The molecule has 2 N–H and O–H groups in total. The van der Waals surface area contributed by atoms with Gasteiger partial charge in [0.25, 0.3) is 5.91 Å². The maximum Gasteiger partial charge on any atom is 0.254 e. The number of carbonyl (C=O) groups excluding carboxylic acids is 1. The highest BCUT2D eigenvalue weighted by molar-refractivity contribution is 5.95. The third-order valence-corrected chi connectivity index (χ3v) is 5.07. The first-order valence-electron chi connectivity index (χ1n) is 9.72. The molecule has 0 saturated carbocycles. The van der Waals surface area contributed by atoms with E-state index in [0.717, 1.165) is 47.8 Å². The Kier molecular flexibility index (Phi) is 5.06. The summed E-state index contributed by atoms with van der Waals surface area (Å²) in [6, 6.07) is 11.4. The number of aromatic amines is 1. The Morgan fingerprint density at radius 1 is 1.21 bits per heavy atom. The molecule has 144 valence electrons. The van der Waals surface area contributed by atoms with E-state index in [4.69, 9.17) is 0 Å². The van der Waals surface area contributed by atoms with Crippen molar-refractivity contribution >= 4 is 11.7 Å². The van der Waals surface area contributed by atoms with Gasteiger partial charge in [0.05, 0.1) is 11.4 Å². The van der Waals surface area contributed by atoms with E-state index in [-0.39, 0.29) is 5.91 Å². The number of aryl methyl sites for hydroxylation is 1. The van der Waals surface area contributed by atoms with Crippen molar-refractivity contribution in [3.8, 4) is 11.3 Å². The number of rotatable bonds is 5. The van der Waals surface area contributed by atoms with E-state index in [2.05, 4.69) is 32.6 Å². The second-order valence-corrected chi connectivity index (χ2v) is 6.87. The Bertz CT molecular complexity index is 965. The molecule has 2 aromatic heterocycles. The van der Waals surface area contributed by atoms with Crippen molar-refractivity contribution in [3.05, 3.63) is 58.9 Å². The van der Waals surface area contributed by atoms with Crippen LogP contribution in [0.4, 0.5) is 5.82 Å². The van der Waals surface area contributed by atoms with Crippen LogP contribution >= 0.6 is 0 Å². The molecule has 0 unspecified atom stereocenters. The van der Waals surface area contributed by atoms with Crippen molar-refractivity contribution in [3.63, 3.8) is 0 Å². The first-order valence-corrected chi connectivity index (χ1v) is 9.72. The lowest BCUT2D eigenvalue weighted by Gasteiger charge is -2.27. The summed E-state index contributed by atoms with van der Waals surface area (Å²) in [5.41, 5.74) is 5.68. The van der Waals surface area contributed by atoms with Gasteiger partial charge < -0.3 is 10.2 Å². The van der Waals surface area contributed by atoms with Crippen LogP contribution in [0.2, 0.25) is 0 Å². The van der Waals surface area contributed by atoms with Gasteiger partial charge in [-0.05, 0) is 37.6 Å². The van der Waals surface area contributed by atoms with Gasteiger partial charge in [-0.3, -0.25) is 9.89 Å². The van der Waals surface area contributed by atoms with Gasteiger partial charge in [0.2, 0.25) is 0 Å². The number of nitrogens with one attached hydrogen (secondary N) is 2. The minimum atomic E-state index is 0.0352. The van der Waals surface area contributed by atoms with E-state index in [1.807, 2.05) is 48.2 Å². The molecule has 1 aliphatic rings. The topological polar surface area (TPSA) is 86.8 Å². The number of H-pyrrole nitrogens is 1. The van der Waals surface area contributed by atoms with E-state index in [0.29, 0.717) is 18.7 Å². The molecule has 0 radical (unpaired) electrons. The molecule has 1 aromatic carbocycles. The molecule has 0 spiro atoms. The van der Waals surface area contributed by atoms with E-state index < -0.39 is 0 Å². The molecule has 3 heterocycles. The Morgan fingerprint density at radius 3 is 2.86 bits per heavy atom. The van der Waals surface area contributed by atoms with Crippen LogP contribution < -0.4 is 5.32 Å². The number of carbonyl (C=O) groups is 1. The van der Waals surface area contributed by atoms with Crippen LogP contribution in [0.25, 0.3) is 11.3 Å². The molecular weight excluding hydrogens is 352 g/mol. The van der Waals surface area contributed by atoms with Crippen molar-refractivity contribution in [1.29, 1.82) is 0 Å². The first-order chi connectivity index (χ1) is 13.7. The number of anilines is 1. The van der Waals surface area contributed by atoms with E-state index in [1.165, 1.54) is 5.56 Å². The Hall–Kier alpha value is -3.22. The Labute approximate surface area is 164 Å². The molecule has 0 aliphatic carbocycles. The molecule has 1 aliphatic heterocycles. The van der Waals surface area contributed by atoms with Gasteiger partial charge in [0, 0.05) is 48.4 Å². The van der Waals surface area contributed by atoms with Gasteiger partial charge in [-0.25, -0.2) is 0 Å². The molecule has 0 atom stereocenters. The van der Waals surface area contributed by atoms with Gasteiger partial charge in [-0.1, -0.05) is 19.1 Å². The molecule has 0 fully saturated rings. The summed E-state index contributed by atoms with van der Waals surface area (Å²) in [6.45, 7) is 6.20. The van der Waals surface area contributed by atoms with Crippen LogP contribution in [-0.2, 0) is 19.4 Å². The average molecular weight is 376 g/mol. The normalized spacial score (nSPS) is 13.3. The minimum absolute atomic E-state index is 0.0352. The second-order valence-electron chi connectivity index (χ2n) is 6.87. The minimum Gasteiger partial charge on any atom is -0.369 e. The molecule has 28 heavy (non-hydrogen) atoms. The standard InChI is InChI=1S/C21H24N6O/c1-3-17-16-13-27(11-10-19(16)25-23-17)21(28)15-7-5-6-14(12-15)18-8-9-20(22-4-2)26-24-18/h5-9,12H,3-4,10-11,13H2,1-2H3,(H,22,26)(H,23,25). The summed E-state index contributed by atoms with van der Waals surface area (Å²) >= 11 is 0. The fourth-order valence-electron chi connectivity index (χ4n) is 3.58. The van der Waals surface area contributed by atoms with Crippen LogP contribution in [0.15, 0.2) is 36.4 Å². The number of fused-ring (bicyclic) bond motifs is 1. The van der Waals surface area contributed by atoms with Crippen LogP contribution in [0.3, 0.4) is 0 Å².